The van der Waals surface area contributed by atoms with Crippen LogP contribution in [0.2, 0.25) is 5.02 Å². The second-order valence-electron chi connectivity index (χ2n) is 10.2. The Morgan fingerprint density at radius 2 is 1.59 bits per heavy atom. The van der Waals surface area contributed by atoms with Crippen LogP contribution >= 0.6 is 11.6 Å². The lowest BCUT2D eigenvalue weighted by Crippen LogP contribution is -2.53. The van der Waals surface area contributed by atoms with E-state index < -0.39 is 28.5 Å². The number of hydrogen-bond acceptors (Lipinski definition) is 5. The Morgan fingerprint density at radius 1 is 0.951 bits per heavy atom. The zero-order valence-corrected chi connectivity index (χ0v) is 24.9. The van der Waals surface area contributed by atoms with Crippen molar-refractivity contribution >= 4 is 39.1 Å². The quantitative estimate of drug-likeness (QED) is 0.319. The fourth-order valence-electron chi connectivity index (χ4n) is 4.96. The van der Waals surface area contributed by atoms with Crippen molar-refractivity contribution in [3.63, 3.8) is 0 Å². The molecule has 0 bridgehead atoms. The molecule has 4 rings (SSSR count). The Balaban J connectivity index is 1.66. The molecule has 10 heteroatoms. The van der Waals surface area contributed by atoms with Gasteiger partial charge in [0.15, 0.2) is 0 Å². The van der Waals surface area contributed by atoms with Crippen LogP contribution in [0.15, 0.2) is 83.8 Å². The van der Waals surface area contributed by atoms with Crippen LogP contribution in [-0.2, 0) is 26.2 Å². The van der Waals surface area contributed by atoms with Crippen LogP contribution < -0.4 is 14.4 Å². The van der Waals surface area contributed by atoms with Gasteiger partial charge in [-0.15, -0.1) is 0 Å². The van der Waals surface area contributed by atoms with Gasteiger partial charge < -0.3 is 15.0 Å². The zero-order valence-electron chi connectivity index (χ0n) is 23.3. The summed E-state index contributed by atoms with van der Waals surface area (Å²) in [5.41, 5.74) is 0.984. The minimum atomic E-state index is -4.15. The molecule has 0 aliphatic heterocycles. The van der Waals surface area contributed by atoms with Crippen molar-refractivity contribution in [3.05, 3.63) is 89.4 Å². The smallest absolute Gasteiger partial charge is 0.264 e. The SMILES string of the molecule is COc1ccc(S(=O)(=O)N(CC(=O)N(Cc2ccccc2Cl)[C@@H](C)C(=O)NC2CCCCC2)c2ccccc2)cc1. The normalized spacial score (nSPS) is 14.6. The molecule has 1 N–H and O–H groups in total. The van der Waals surface area contributed by atoms with Crippen LogP contribution in [0, 0.1) is 0 Å². The van der Waals surface area contributed by atoms with Gasteiger partial charge in [-0.2, -0.15) is 0 Å². The molecule has 8 nitrogen and oxygen atoms in total. The molecule has 3 aromatic carbocycles. The van der Waals surface area contributed by atoms with Gasteiger partial charge in [0.25, 0.3) is 10.0 Å². The Kier molecular flexibility index (Phi) is 10.3. The molecule has 0 saturated heterocycles. The van der Waals surface area contributed by atoms with E-state index in [4.69, 9.17) is 16.3 Å². The first-order valence-corrected chi connectivity index (χ1v) is 15.6. The number of hydrogen-bond donors (Lipinski definition) is 1. The zero-order chi connectivity index (χ0) is 29.4. The van der Waals surface area contributed by atoms with E-state index in [1.807, 2.05) is 0 Å². The minimum absolute atomic E-state index is 0.00990. The first-order valence-electron chi connectivity index (χ1n) is 13.8. The third-order valence-corrected chi connectivity index (χ3v) is 9.54. The highest BCUT2D eigenvalue weighted by molar-refractivity contribution is 7.92. The lowest BCUT2D eigenvalue weighted by atomic mass is 9.95. The average Bonchev–Trinajstić information content (AvgIpc) is 3.00. The highest BCUT2D eigenvalue weighted by atomic mass is 35.5. The molecule has 1 aliphatic rings. The van der Waals surface area contributed by atoms with Crippen molar-refractivity contribution in [1.82, 2.24) is 10.2 Å². The molecule has 1 atom stereocenters. The number of nitrogens with zero attached hydrogens (tertiary/aromatic N) is 2. The number of nitrogens with one attached hydrogen (secondary N) is 1. The third kappa shape index (κ3) is 7.59. The van der Waals surface area contributed by atoms with Crippen molar-refractivity contribution in [2.45, 2.75) is 62.6 Å². The summed E-state index contributed by atoms with van der Waals surface area (Å²) in [6.07, 6.45) is 5.06. The number of rotatable bonds is 11. The summed E-state index contributed by atoms with van der Waals surface area (Å²) in [7, 11) is -2.66. The molecule has 2 amide bonds. The van der Waals surface area contributed by atoms with Gasteiger partial charge >= 0.3 is 0 Å². The van der Waals surface area contributed by atoms with Crippen LogP contribution in [0.25, 0.3) is 0 Å². The molecule has 3 aromatic rings. The van der Waals surface area contributed by atoms with Crippen molar-refractivity contribution in [3.8, 4) is 5.75 Å². The van der Waals surface area contributed by atoms with Crippen molar-refractivity contribution < 1.29 is 22.7 Å². The Labute approximate surface area is 247 Å². The molecular formula is C31H36ClN3O5S. The summed E-state index contributed by atoms with van der Waals surface area (Å²) in [4.78, 5) is 28.8. The molecule has 0 radical (unpaired) electrons. The van der Waals surface area contributed by atoms with E-state index in [0.29, 0.717) is 22.0 Å². The van der Waals surface area contributed by atoms with Gasteiger partial charge in [-0.25, -0.2) is 8.42 Å². The van der Waals surface area contributed by atoms with E-state index in [1.165, 1.54) is 24.1 Å². The fourth-order valence-corrected chi connectivity index (χ4v) is 6.57. The number of carbonyl (C=O) groups excluding carboxylic acids is 2. The van der Waals surface area contributed by atoms with Gasteiger partial charge in [0.05, 0.1) is 17.7 Å². The third-order valence-electron chi connectivity index (χ3n) is 7.39. The maximum Gasteiger partial charge on any atom is 0.264 e. The fraction of sp³-hybridized carbons (Fsp3) is 0.355. The van der Waals surface area contributed by atoms with Crippen LogP contribution in [0.3, 0.4) is 0 Å². The van der Waals surface area contributed by atoms with E-state index in [9.17, 15) is 18.0 Å². The van der Waals surface area contributed by atoms with Gasteiger partial charge in [0.2, 0.25) is 11.8 Å². The van der Waals surface area contributed by atoms with Crippen LogP contribution in [0.5, 0.6) is 5.75 Å². The lowest BCUT2D eigenvalue weighted by Gasteiger charge is -2.33. The molecule has 0 aromatic heterocycles. The summed E-state index contributed by atoms with van der Waals surface area (Å²) >= 11 is 6.44. The van der Waals surface area contributed by atoms with Crippen LogP contribution in [-0.4, -0.2) is 50.9 Å². The maximum absolute atomic E-state index is 14.0. The molecule has 1 fully saturated rings. The van der Waals surface area contributed by atoms with Gasteiger partial charge in [0, 0.05) is 17.6 Å². The van der Waals surface area contributed by atoms with Crippen molar-refractivity contribution in [1.29, 1.82) is 0 Å². The van der Waals surface area contributed by atoms with E-state index in [0.717, 1.165) is 36.4 Å². The molecule has 0 heterocycles. The lowest BCUT2D eigenvalue weighted by molar-refractivity contribution is -0.139. The number of amides is 2. The van der Waals surface area contributed by atoms with Gasteiger partial charge in [-0.05, 0) is 67.8 Å². The van der Waals surface area contributed by atoms with Crippen molar-refractivity contribution in [2.75, 3.05) is 18.0 Å². The highest BCUT2D eigenvalue weighted by Gasteiger charge is 2.33. The van der Waals surface area contributed by atoms with E-state index >= 15 is 0 Å². The van der Waals surface area contributed by atoms with E-state index in [1.54, 1.807) is 73.7 Å². The number of para-hydroxylation sites is 1. The minimum Gasteiger partial charge on any atom is -0.497 e. The summed E-state index contributed by atoms with van der Waals surface area (Å²) in [5.74, 6) is -0.297. The van der Waals surface area contributed by atoms with Gasteiger partial charge in [-0.3, -0.25) is 13.9 Å². The topological polar surface area (TPSA) is 96.0 Å². The summed E-state index contributed by atoms with van der Waals surface area (Å²) < 4.78 is 34.0. The molecular weight excluding hydrogens is 562 g/mol. The Morgan fingerprint density at radius 3 is 2.22 bits per heavy atom. The number of ether oxygens (including phenoxy) is 1. The number of carbonyl (C=O) groups is 2. The number of methoxy groups -OCH3 is 1. The number of anilines is 1. The summed E-state index contributed by atoms with van der Waals surface area (Å²) in [5, 5.41) is 3.55. The predicted octanol–water partition coefficient (Wildman–Crippen LogP) is 5.41. The average molecular weight is 598 g/mol. The number of halogens is 1. The van der Waals surface area contributed by atoms with Gasteiger partial charge in [-0.1, -0.05) is 67.3 Å². The van der Waals surface area contributed by atoms with Gasteiger partial charge in [0.1, 0.15) is 18.3 Å². The first-order chi connectivity index (χ1) is 19.7. The standard InChI is InChI=1S/C31H36ClN3O5S/c1-23(31(37)33-25-12-5-3-6-13-25)34(21-24-11-9-10-16-29(24)32)30(36)22-35(26-14-7-4-8-15-26)41(38,39)28-19-17-27(40-2)18-20-28/h4,7-11,14-20,23,25H,3,5-6,12-13,21-22H2,1-2H3,(H,33,37)/t23-/m0/s1. The number of benzene rings is 3. The molecule has 0 unspecified atom stereocenters. The monoisotopic (exact) mass is 597 g/mol. The number of sulfonamides is 1. The predicted molar refractivity (Wildman–Crippen MR) is 160 cm³/mol. The van der Waals surface area contributed by atoms with Crippen LogP contribution in [0.1, 0.15) is 44.6 Å². The first kappa shape index (κ1) is 30.4. The van der Waals surface area contributed by atoms with Crippen LogP contribution in [0.4, 0.5) is 5.69 Å². The molecule has 0 spiro atoms. The largest absolute Gasteiger partial charge is 0.497 e. The molecule has 1 saturated carbocycles. The maximum atomic E-state index is 14.0. The molecule has 41 heavy (non-hydrogen) atoms. The second kappa shape index (κ2) is 13.9. The summed E-state index contributed by atoms with van der Waals surface area (Å²) in [6.45, 7) is 1.20. The van der Waals surface area contributed by atoms with Crippen molar-refractivity contribution in [2.24, 2.45) is 0 Å². The second-order valence-corrected chi connectivity index (χ2v) is 12.4. The Hall–Kier alpha value is -3.56. The Bertz CT molecular complexity index is 1430. The molecule has 218 valence electrons. The van der Waals surface area contributed by atoms with E-state index in [-0.39, 0.29) is 23.4 Å². The van der Waals surface area contributed by atoms with E-state index in [2.05, 4.69) is 5.32 Å². The highest BCUT2D eigenvalue weighted by Crippen LogP contribution is 2.26. The summed E-state index contributed by atoms with van der Waals surface area (Å²) in [6, 6.07) is 20.7. The molecule has 1 aliphatic carbocycles.